The zero-order valence-electron chi connectivity index (χ0n) is 27.1. The number of hydrogen-bond donors (Lipinski definition) is 1. The average Bonchev–Trinajstić information content (AvgIpc) is 3.28. The van der Waals surface area contributed by atoms with Gasteiger partial charge >= 0.3 is 17.8 Å². The van der Waals surface area contributed by atoms with Gasteiger partial charge < -0.3 is 9.47 Å². The Balaban J connectivity index is 1.41. The van der Waals surface area contributed by atoms with E-state index in [0.717, 1.165) is 39.7 Å². The smallest absolute Gasteiger partial charge is 0.353 e. The predicted molar refractivity (Wildman–Crippen MR) is 193 cm³/mol. The van der Waals surface area contributed by atoms with Crippen LogP contribution < -0.4 is 5.32 Å². The summed E-state index contributed by atoms with van der Waals surface area (Å²) in [6.45, 7) is 2.28. The highest BCUT2D eigenvalue weighted by molar-refractivity contribution is 6.42. The van der Waals surface area contributed by atoms with Gasteiger partial charge in [0, 0.05) is 41.6 Å². The molecule has 50 heavy (non-hydrogen) atoms. The Morgan fingerprint density at radius 2 is 1.54 bits per heavy atom. The number of Topliss-reactive ketones (excluding diaryl/α,β-unsaturated/α-hetero) is 1. The third-order valence-electron chi connectivity index (χ3n) is 9.21. The van der Waals surface area contributed by atoms with Crippen molar-refractivity contribution in [2.24, 2.45) is 0 Å². The van der Waals surface area contributed by atoms with Gasteiger partial charge in [-0.05, 0) is 41.7 Å². The Morgan fingerprint density at radius 3 is 2.24 bits per heavy atom. The zero-order valence-corrected chi connectivity index (χ0v) is 28.7. The van der Waals surface area contributed by atoms with Crippen molar-refractivity contribution >= 4 is 51.8 Å². The highest BCUT2D eigenvalue weighted by Gasteiger charge is 2.55. The number of rotatable bonds is 9. The molecule has 3 heterocycles. The molecular weight excluding hydrogens is 673 g/mol. The summed E-state index contributed by atoms with van der Waals surface area (Å²) in [6, 6.07) is 31.9. The molecule has 2 unspecified atom stereocenters. The minimum atomic E-state index is -2.04. The zero-order chi connectivity index (χ0) is 34.8. The van der Waals surface area contributed by atoms with Gasteiger partial charge in [-0.25, -0.2) is 14.5 Å². The SMILES string of the molecule is CC(CC(NCC(=O)c1ccccc1)N1CCc2nc3ccccc3c(-c3ccccc3)c2C12OC(=O)C=CC(=O)O2)c1ccc(Cl)c(Cl)c1. The number of fused-ring (bicyclic) bond motifs is 3. The quantitative estimate of drug-likeness (QED) is 0.122. The lowest BCUT2D eigenvalue weighted by molar-refractivity contribution is -0.306. The van der Waals surface area contributed by atoms with Crippen LogP contribution in [-0.2, 0) is 31.4 Å². The molecule has 8 nitrogen and oxygen atoms in total. The lowest BCUT2D eigenvalue weighted by atomic mass is 9.87. The van der Waals surface area contributed by atoms with E-state index in [1.54, 1.807) is 18.2 Å². The lowest BCUT2D eigenvalue weighted by Crippen LogP contribution is -2.63. The number of carbonyl (C=O) groups is 3. The van der Waals surface area contributed by atoms with Crippen LogP contribution in [0.15, 0.2) is 115 Å². The highest BCUT2D eigenvalue weighted by atomic mass is 35.5. The standard InChI is InChI=1S/C40H33Cl2N3O5/c1-25(28-16-17-30(41)31(42)23-28)22-35(43-24-34(46)26-10-4-2-5-11-26)45-21-20-33-39(40(45)49-36(47)18-19-37(48)50-40)38(27-12-6-3-7-13-27)29-14-8-9-15-32(29)44-33/h2-19,23,25,35,43H,20-22,24H2,1H3. The van der Waals surface area contributed by atoms with Crippen molar-refractivity contribution in [2.45, 2.75) is 37.8 Å². The molecule has 2 atom stereocenters. The van der Waals surface area contributed by atoms with E-state index >= 15 is 0 Å². The third-order valence-corrected chi connectivity index (χ3v) is 9.95. The van der Waals surface area contributed by atoms with Crippen LogP contribution in [0.4, 0.5) is 0 Å². The Labute approximate surface area is 299 Å². The van der Waals surface area contributed by atoms with E-state index in [1.807, 2.05) is 96.8 Å². The van der Waals surface area contributed by atoms with Crippen LogP contribution >= 0.6 is 23.2 Å². The number of hydrogen-bond acceptors (Lipinski definition) is 8. The molecule has 7 rings (SSSR count). The van der Waals surface area contributed by atoms with Gasteiger partial charge in [0.25, 0.3) is 0 Å². The molecule has 1 spiro atoms. The van der Waals surface area contributed by atoms with Crippen molar-refractivity contribution in [3.8, 4) is 11.1 Å². The molecule has 0 saturated carbocycles. The second kappa shape index (κ2) is 14.2. The molecule has 0 aliphatic carbocycles. The molecule has 1 aromatic heterocycles. The average molecular weight is 707 g/mol. The van der Waals surface area contributed by atoms with Crippen LogP contribution in [0, 0.1) is 0 Å². The predicted octanol–water partition coefficient (Wildman–Crippen LogP) is 7.83. The second-order valence-corrected chi connectivity index (χ2v) is 13.2. The number of aromatic nitrogens is 1. The topological polar surface area (TPSA) is 97.8 Å². The number of para-hydroxylation sites is 1. The monoisotopic (exact) mass is 705 g/mol. The maximum Gasteiger partial charge on any atom is 0.353 e. The van der Waals surface area contributed by atoms with Gasteiger partial charge in [0.2, 0.25) is 0 Å². The molecule has 0 bridgehead atoms. The van der Waals surface area contributed by atoms with Crippen molar-refractivity contribution in [1.82, 2.24) is 15.2 Å². The maximum absolute atomic E-state index is 13.5. The maximum atomic E-state index is 13.5. The van der Waals surface area contributed by atoms with Gasteiger partial charge in [-0.15, -0.1) is 0 Å². The molecule has 0 fully saturated rings. The summed E-state index contributed by atoms with van der Waals surface area (Å²) in [6.07, 6.45) is 2.33. The van der Waals surface area contributed by atoms with Gasteiger partial charge in [0.1, 0.15) is 0 Å². The van der Waals surface area contributed by atoms with Gasteiger partial charge in [0.15, 0.2) is 5.78 Å². The van der Waals surface area contributed by atoms with Crippen molar-refractivity contribution in [3.05, 3.63) is 148 Å². The van der Waals surface area contributed by atoms with Crippen LogP contribution in [0.1, 0.15) is 46.4 Å². The van der Waals surface area contributed by atoms with E-state index in [9.17, 15) is 14.4 Å². The Bertz CT molecular complexity index is 2100. The van der Waals surface area contributed by atoms with Crippen molar-refractivity contribution in [1.29, 1.82) is 0 Å². The van der Waals surface area contributed by atoms with E-state index < -0.39 is 24.0 Å². The summed E-state index contributed by atoms with van der Waals surface area (Å²) in [5.41, 5.74) is 4.89. The fourth-order valence-corrected chi connectivity index (χ4v) is 7.14. The first kappa shape index (κ1) is 33.6. The molecule has 0 amide bonds. The molecule has 4 aromatic carbocycles. The van der Waals surface area contributed by atoms with Crippen molar-refractivity contribution in [3.63, 3.8) is 0 Å². The first-order valence-electron chi connectivity index (χ1n) is 16.4. The fraction of sp³-hybridized carbons (Fsp3) is 0.200. The third kappa shape index (κ3) is 6.55. The number of pyridine rings is 1. The van der Waals surface area contributed by atoms with Gasteiger partial charge in [0.05, 0.1) is 39.5 Å². The fourth-order valence-electron chi connectivity index (χ4n) is 6.83. The molecule has 252 valence electrons. The Morgan fingerprint density at radius 1 is 0.880 bits per heavy atom. The van der Waals surface area contributed by atoms with Crippen LogP contribution in [0.2, 0.25) is 10.0 Å². The largest absolute Gasteiger partial charge is 0.401 e. The van der Waals surface area contributed by atoms with E-state index in [4.69, 9.17) is 37.7 Å². The van der Waals surface area contributed by atoms with Gasteiger partial charge in [-0.3, -0.25) is 15.1 Å². The number of nitrogens with one attached hydrogen (secondary N) is 1. The number of nitrogens with zero attached hydrogens (tertiary/aromatic N) is 2. The summed E-state index contributed by atoms with van der Waals surface area (Å²) in [5.74, 6) is -3.81. The number of esters is 2. The summed E-state index contributed by atoms with van der Waals surface area (Å²) < 4.78 is 12.6. The normalized spacial score (nSPS) is 16.7. The minimum Gasteiger partial charge on any atom is -0.401 e. The first-order valence-corrected chi connectivity index (χ1v) is 17.1. The first-order chi connectivity index (χ1) is 24.2. The van der Waals surface area contributed by atoms with E-state index in [0.29, 0.717) is 39.7 Å². The molecule has 0 radical (unpaired) electrons. The number of ether oxygens (including phenoxy) is 2. The van der Waals surface area contributed by atoms with Gasteiger partial charge in [-0.1, -0.05) is 115 Å². The molecule has 10 heteroatoms. The Kier molecular flexibility index (Phi) is 9.53. The summed E-state index contributed by atoms with van der Waals surface area (Å²) >= 11 is 12.7. The second-order valence-electron chi connectivity index (χ2n) is 12.4. The molecular formula is C40H33Cl2N3O5. The van der Waals surface area contributed by atoms with Crippen LogP contribution in [0.25, 0.3) is 22.0 Å². The summed E-state index contributed by atoms with van der Waals surface area (Å²) in [7, 11) is 0. The molecule has 2 aliphatic heterocycles. The Hall–Kier alpha value is -4.86. The van der Waals surface area contributed by atoms with Crippen molar-refractivity contribution < 1.29 is 23.9 Å². The van der Waals surface area contributed by atoms with Crippen molar-refractivity contribution in [2.75, 3.05) is 13.1 Å². The molecule has 5 aromatic rings. The number of ketones is 1. The number of halogens is 2. The van der Waals surface area contributed by atoms with E-state index in [1.165, 1.54) is 0 Å². The van der Waals surface area contributed by atoms with E-state index in [2.05, 4.69) is 5.32 Å². The molecule has 0 saturated heterocycles. The van der Waals surface area contributed by atoms with E-state index in [-0.39, 0.29) is 24.8 Å². The van der Waals surface area contributed by atoms with Crippen LogP contribution in [0.5, 0.6) is 0 Å². The summed E-state index contributed by atoms with van der Waals surface area (Å²) in [5, 5.41) is 5.12. The molecule has 2 aliphatic rings. The van der Waals surface area contributed by atoms with Crippen LogP contribution in [0.3, 0.4) is 0 Å². The highest BCUT2D eigenvalue weighted by Crippen LogP contribution is 2.48. The summed E-state index contributed by atoms with van der Waals surface area (Å²) in [4.78, 5) is 47.3. The lowest BCUT2D eigenvalue weighted by Gasteiger charge is -2.48. The minimum absolute atomic E-state index is 0.0378. The number of carbonyl (C=O) groups excluding carboxylic acids is 3. The van der Waals surface area contributed by atoms with Crippen LogP contribution in [-0.4, -0.2) is 46.9 Å². The molecule has 1 N–H and O–H groups in total. The number of benzene rings is 4. The van der Waals surface area contributed by atoms with Gasteiger partial charge in [-0.2, -0.15) is 0 Å².